The average Bonchev–Trinajstić information content (AvgIpc) is 2.44. The molecular weight excluding hydrogens is 236 g/mol. The summed E-state index contributed by atoms with van der Waals surface area (Å²) in [5.41, 5.74) is 3.52. The van der Waals surface area contributed by atoms with Gasteiger partial charge in [0, 0.05) is 6.21 Å². The predicted octanol–water partition coefficient (Wildman–Crippen LogP) is 3.06. The molecular formula is C16H16N2O. The third kappa shape index (κ3) is 3.52. The zero-order chi connectivity index (χ0) is 13.5. The first kappa shape index (κ1) is 13.0. The van der Waals surface area contributed by atoms with Crippen LogP contribution in [0.25, 0.3) is 10.8 Å². The smallest absolute Gasteiger partial charge is 0.244 e. The summed E-state index contributed by atoms with van der Waals surface area (Å²) in [5.74, 6) is -0.114. The van der Waals surface area contributed by atoms with E-state index in [-0.39, 0.29) is 5.91 Å². The Morgan fingerprint density at radius 3 is 2.84 bits per heavy atom. The molecule has 0 saturated carbocycles. The predicted molar refractivity (Wildman–Crippen MR) is 79.1 cm³/mol. The second-order valence-electron chi connectivity index (χ2n) is 4.15. The first-order chi connectivity index (χ1) is 9.31. The number of allylic oxidation sites excluding steroid dienone is 2. The molecule has 0 fully saturated rings. The molecule has 2 rings (SSSR count). The van der Waals surface area contributed by atoms with E-state index >= 15 is 0 Å². The van der Waals surface area contributed by atoms with Crippen molar-refractivity contribution in [1.29, 1.82) is 0 Å². The van der Waals surface area contributed by atoms with Crippen LogP contribution < -0.4 is 5.43 Å². The summed E-state index contributed by atoms with van der Waals surface area (Å²) in [7, 11) is 0. The van der Waals surface area contributed by atoms with Gasteiger partial charge in [0.25, 0.3) is 0 Å². The van der Waals surface area contributed by atoms with Gasteiger partial charge in [-0.25, -0.2) is 5.43 Å². The molecule has 0 radical (unpaired) electrons. The van der Waals surface area contributed by atoms with Gasteiger partial charge in [-0.2, -0.15) is 5.10 Å². The molecule has 1 N–H and O–H groups in total. The second-order valence-corrected chi connectivity index (χ2v) is 4.15. The van der Waals surface area contributed by atoms with Gasteiger partial charge in [-0.3, -0.25) is 4.79 Å². The summed E-state index contributed by atoms with van der Waals surface area (Å²) in [4.78, 5) is 11.8. The van der Waals surface area contributed by atoms with Crippen LogP contribution >= 0.6 is 0 Å². The number of nitrogens with one attached hydrogen (secondary N) is 1. The van der Waals surface area contributed by atoms with E-state index in [0.717, 1.165) is 16.3 Å². The van der Waals surface area contributed by atoms with Crippen molar-refractivity contribution in [3.63, 3.8) is 0 Å². The zero-order valence-corrected chi connectivity index (χ0v) is 10.8. The van der Waals surface area contributed by atoms with E-state index in [9.17, 15) is 4.79 Å². The quantitative estimate of drug-likeness (QED) is 0.659. The second kappa shape index (κ2) is 6.50. The van der Waals surface area contributed by atoms with Gasteiger partial charge in [0.1, 0.15) is 0 Å². The largest absolute Gasteiger partial charge is 0.273 e. The van der Waals surface area contributed by atoms with Crippen molar-refractivity contribution in [2.75, 3.05) is 0 Å². The standard InChI is InChI=1S/C16H16N2O/c1-2-3-11-17-18-16(19)12-14-9-6-8-13-7-4-5-10-15(13)14/h2-11H,12H2,1H3,(H,18,19). The van der Waals surface area contributed by atoms with E-state index < -0.39 is 0 Å². The Bertz CT molecular complexity index is 624. The molecule has 19 heavy (non-hydrogen) atoms. The van der Waals surface area contributed by atoms with Crippen LogP contribution in [0.2, 0.25) is 0 Å². The lowest BCUT2D eigenvalue weighted by Gasteiger charge is -2.05. The van der Waals surface area contributed by atoms with Crippen LogP contribution in [0.3, 0.4) is 0 Å². The molecule has 0 aromatic heterocycles. The maximum atomic E-state index is 11.8. The number of hydrogen-bond acceptors (Lipinski definition) is 2. The molecule has 0 bridgehead atoms. The molecule has 0 unspecified atom stereocenters. The van der Waals surface area contributed by atoms with Crippen LogP contribution in [-0.4, -0.2) is 12.1 Å². The third-order valence-corrected chi connectivity index (χ3v) is 2.77. The number of hydrogen-bond donors (Lipinski definition) is 1. The van der Waals surface area contributed by atoms with Crippen molar-refractivity contribution in [1.82, 2.24) is 5.43 Å². The van der Waals surface area contributed by atoms with Gasteiger partial charge in [0.05, 0.1) is 6.42 Å². The van der Waals surface area contributed by atoms with Gasteiger partial charge in [-0.1, -0.05) is 48.5 Å². The minimum absolute atomic E-state index is 0.114. The molecule has 0 spiro atoms. The van der Waals surface area contributed by atoms with Gasteiger partial charge >= 0.3 is 0 Å². The number of benzene rings is 2. The topological polar surface area (TPSA) is 41.5 Å². The Kier molecular flexibility index (Phi) is 4.45. The van der Waals surface area contributed by atoms with Crippen molar-refractivity contribution in [3.8, 4) is 0 Å². The van der Waals surface area contributed by atoms with Crippen molar-refractivity contribution in [2.45, 2.75) is 13.3 Å². The van der Waals surface area contributed by atoms with Gasteiger partial charge in [-0.15, -0.1) is 0 Å². The van der Waals surface area contributed by atoms with Crippen molar-refractivity contribution in [3.05, 3.63) is 60.2 Å². The molecule has 0 aliphatic carbocycles. The van der Waals surface area contributed by atoms with Crippen LogP contribution in [0.15, 0.2) is 59.7 Å². The minimum Gasteiger partial charge on any atom is -0.273 e. The Morgan fingerprint density at radius 1 is 1.21 bits per heavy atom. The molecule has 3 nitrogen and oxygen atoms in total. The Balaban J connectivity index is 2.11. The van der Waals surface area contributed by atoms with Crippen LogP contribution in [-0.2, 0) is 11.2 Å². The monoisotopic (exact) mass is 252 g/mol. The first-order valence-corrected chi connectivity index (χ1v) is 6.21. The van der Waals surface area contributed by atoms with Crippen LogP contribution in [0.1, 0.15) is 12.5 Å². The van der Waals surface area contributed by atoms with E-state index in [1.807, 2.05) is 55.5 Å². The number of carbonyl (C=O) groups excluding carboxylic acids is 1. The Labute approximate surface area is 112 Å². The fraction of sp³-hybridized carbons (Fsp3) is 0.125. The maximum Gasteiger partial charge on any atom is 0.244 e. The molecule has 0 aliphatic heterocycles. The van der Waals surface area contributed by atoms with E-state index in [1.54, 1.807) is 12.3 Å². The maximum absolute atomic E-state index is 11.8. The summed E-state index contributed by atoms with van der Waals surface area (Å²) in [6.45, 7) is 1.89. The van der Waals surface area contributed by atoms with Crippen LogP contribution in [0, 0.1) is 0 Å². The molecule has 96 valence electrons. The van der Waals surface area contributed by atoms with E-state index in [4.69, 9.17) is 0 Å². The van der Waals surface area contributed by atoms with E-state index in [2.05, 4.69) is 10.5 Å². The first-order valence-electron chi connectivity index (χ1n) is 6.21. The number of rotatable bonds is 4. The summed E-state index contributed by atoms with van der Waals surface area (Å²) in [5, 5.41) is 6.08. The lowest BCUT2D eigenvalue weighted by Crippen LogP contribution is -2.19. The number of hydrazone groups is 1. The highest BCUT2D eigenvalue weighted by Crippen LogP contribution is 2.18. The summed E-state index contributed by atoms with van der Waals surface area (Å²) in [6.07, 6.45) is 5.49. The van der Waals surface area contributed by atoms with Gasteiger partial charge in [-0.05, 0) is 29.3 Å². The van der Waals surface area contributed by atoms with Gasteiger partial charge < -0.3 is 0 Å². The Morgan fingerprint density at radius 2 is 2.00 bits per heavy atom. The molecule has 0 aliphatic rings. The summed E-state index contributed by atoms with van der Waals surface area (Å²) in [6, 6.07) is 14.0. The highest BCUT2D eigenvalue weighted by atomic mass is 16.2. The molecule has 0 saturated heterocycles. The highest BCUT2D eigenvalue weighted by molar-refractivity contribution is 5.90. The van der Waals surface area contributed by atoms with Gasteiger partial charge in [0.2, 0.25) is 5.91 Å². The fourth-order valence-corrected chi connectivity index (χ4v) is 1.90. The van der Waals surface area contributed by atoms with Crippen LogP contribution in [0.5, 0.6) is 0 Å². The van der Waals surface area contributed by atoms with Crippen molar-refractivity contribution < 1.29 is 4.79 Å². The summed E-state index contributed by atoms with van der Waals surface area (Å²) < 4.78 is 0. The minimum atomic E-state index is -0.114. The van der Waals surface area contributed by atoms with Crippen molar-refractivity contribution >= 4 is 22.9 Å². The third-order valence-electron chi connectivity index (χ3n) is 2.77. The fourth-order valence-electron chi connectivity index (χ4n) is 1.90. The highest BCUT2D eigenvalue weighted by Gasteiger charge is 2.05. The SMILES string of the molecule is CC=CC=NNC(=O)Cc1cccc2ccccc12. The average molecular weight is 252 g/mol. The van der Waals surface area contributed by atoms with E-state index in [0.29, 0.717) is 6.42 Å². The molecule has 2 aromatic rings. The Hall–Kier alpha value is -2.42. The number of fused-ring (bicyclic) bond motifs is 1. The summed E-state index contributed by atoms with van der Waals surface area (Å²) >= 11 is 0. The number of amides is 1. The molecule has 0 heterocycles. The van der Waals surface area contributed by atoms with Crippen molar-refractivity contribution in [2.24, 2.45) is 5.10 Å². The normalized spacial score (nSPS) is 11.4. The zero-order valence-electron chi connectivity index (χ0n) is 10.8. The van der Waals surface area contributed by atoms with Crippen LogP contribution in [0.4, 0.5) is 0 Å². The molecule has 1 amide bonds. The molecule has 3 heteroatoms. The molecule has 0 atom stereocenters. The van der Waals surface area contributed by atoms with Gasteiger partial charge in [0.15, 0.2) is 0 Å². The number of carbonyl (C=O) groups is 1. The molecule has 2 aromatic carbocycles. The number of nitrogens with zero attached hydrogens (tertiary/aromatic N) is 1. The van der Waals surface area contributed by atoms with E-state index in [1.165, 1.54) is 0 Å². The lowest BCUT2D eigenvalue weighted by atomic mass is 10.0. The lowest BCUT2D eigenvalue weighted by molar-refractivity contribution is -0.120.